The number of carboxylic acids is 1. The van der Waals surface area contributed by atoms with Gasteiger partial charge in [0.25, 0.3) is 0 Å². The van der Waals surface area contributed by atoms with Crippen molar-refractivity contribution in [2.24, 2.45) is 0 Å². The van der Waals surface area contributed by atoms with E-state index in [2.05, 4.69) is 0 Å². The molecule has 0 spiro atoms. The van der Waals surface area contributed by atoms with Gasteiger partial charge >= 0.3 is 5.97 Å². The van der Waals surface area contributed by atoms with Gasteiger partial charge in [-0.05, 0) is 6.42 Å². The van der Waals surface area contributed by atoms with Gasteiger partial charge in [-0.2, -0.15) is 0 Å². The molecule has 0 rings (SSSR count). The maximum atomic E-state index is 9.99. The third-order valence-electron chi connectivity index (χ3n) is 1.25. The number of aliphatic carboxylic acids is 1. The molecule has 4 heteroatoms. The molecule has 0 aromatic rings. The predicted molar refractivity (Wildman–Crippen MR) is 34.6 cm³/mol. The predicted octanol–water partition coefficient (Wildman–Crippen LogP) is -0.407. The van der Waals surface area contributed by atoms with Crippen LogP contribution in [0.1, 0.15) is 19.8 Å². The van der Waals surface area contributed by atoms with Crippen LogP contribution in [0.15, 0.2) is 0 Å². The van der Waals surface area contributed by atoms with Gasteiger partial charge in [0, 0.05) is 6.42 Å². The highest BCUT2D eigenvalue weighted by Gasteiger charge is 2.16. The average Bonchev–Trinajstić information content (AvgIpc) is 1.87. The molecule has 0 saturated carbocycles. The Bertz CT molecular complexity index is 112. The van der Waals surface area contributed by atoms with Gasteiger partial charge in [-0.1, -0.05) is 6.92 Å². The quantitative estimate of drug-likeness (QED) is 0.506. The lowest BCUT2D eigenvalue weighted by atomic mass is 10.1. The lowest BCUT2D eigenvalue weighted by Gasteiger charge is -2.09. The maximum absolute atomic E-state index is 9.99. The standard InChI is InChI=1S/C6H12O4/c1-2-4(7)3-5(8)6(9)10/h4-5,7-8H,2-3H2,1H3,(H,9,10)/t4-,5+/m0/s1. The molecule has 0 aliphatic heterocycles. The molecule has 0 aromatic carbocycles. The van der Waals surface area contributed by atoms with Crippen molar-refractivity contribution >= 4 is 5.97 Å². The van der Waals surface area contributed by atoms with Crippen molar-refractivity contribution in [1.29, 1.82) is 0 Å². The second-order valence-electron chi connectivity index (χ2n) is 2.15. The molecule has 2 atom stereocenters. The van der Waals surface area contributed by atoms with E-state index in [9.17, 15) is 4.79 Å². The van der Waals surface area contributed by atoms with E-state index in [-0.39, 0.29) is 6.42 Å². The molecule has 0 bridgehead atoms. The van der Waals surface area contributed by atoms with E-state index in [1.54, 1.807) is 6.92 Å². The van der Waals surface area contributed by atoms with E-state index in [0.717, 1.165) is 0 Å². The van der Waals surface area contributed by atoms with Gasteiger partial charge in [0.1, 0.15) is 0 Å². The summed E-state index contributed by atoms with van der Waals surface area (Å²) in [6.45, 7) is 1.72. The van der Waals surface area contributed by atoms with E-state index in [1.165, 1.54) is 0 Å². The largest absolute Gasteiger partial charge is 0.479 e. The molecule has 0 aliphatic carbocycles. The molecule has 0 aromatic heterocycles. The van der Waals surface area contributed by atoms with Crippen molar-refractivity contribution < 1.29 is 20.1 Å². The molecule has 3 N–H and O–H groups in total. The van der Waals surface area contributed by atoms with Crippen molar-refractivity contribution in [2.45, 2.75) is 32.0 Å². The van der Waals surface area contributed by atoms with Crippen LogP contribution in [0.3, 0.4) is 0 Å². The van der Waals surface area contributed by atoms with Gasteiger partial charge in [-0.15, -0.1) is 0 Å². The minimum Gasteiger partial charge on any atom is -0.479 e. The molecule has 0 unspecified atom stereocenters. The van der Waals surface area contributed by atoms with Crippen LogP contribution in [0.25, 0.3) is 0 Å². The Morgan fingerprint density at radius 2 is 2.00 bits per heavy atom. The molecule has 0 amide bonds. The third-order valence-corrected chi connectivity index (χ3v) is 1.25. The molecule has 0 fully saturated rings. The molecule has 4 nitrogen and oxygen atoms in total. The molecular weight excluding hydrogens is 136 g/mol. The SMILES string of the molecule is CC[C@H](O)C[C@@H](O)C(=O)O. The fourth-order valence-electron chi connectivity index (χ4n) is 0.525. The van der Waals surface area contributed by atoms with Crippen molar-refractivity contribution in [3.05, 3.63) is 0 Å². The first-order valence-electron chi connectivity index (χ1n) is 3.16. The van der Waals surface area contributed by atoms with E-state index in [1.807, 2.05) is 0 Å². The second kappa shape index (κ2) is 4.24. The smallest absolute Gasteiger partial charge is 0.332 e. The molecule has 10 heavy (non-hydrogen) atoms. The van der Waals surface area contributed by atoms with Crippen LogP contribution < -0.4 is 0 Å². The molecule has 0 aliphatic rings. The van der Waals surface area contributed by atoms with Crippen molar-refractivity contribution in [3.8, 4) is 0 Å². The Labute approximate surface area is 59.1 Å². The molecule has 0 heterocycles. The van der Waals surface area contributed by atoms with Gasteiger partial charge in [0.15, 0.2) is 6.10 Å². The topological polar surface area (TPSA) is 77.8 Å². The number of aliphatic hydroxyl groups excluding tert-OH is 2. The summed E-state index contributed by atoms with van der Waals surface area (Å²) in [6.07, 6.45) is -1.78. The maximum Gasteiger partial charge on any atom is 0.332 e. The first kappa shape index (κ1) is 9.39. The fourth-order valence-corrected chi connectivity index (χ4v) is 0.525. The zero-order valence-corrected chi connectivity index (χ0v) is 5.82. The zero-order valence-electron chi connectivity index (χ0n) is 5.82. The highest BCUT2D eigenvalue weighted by Crippen LogP contribution is 2.01. The van der Waals surface area contributed by atoms with Crippen LogP contribution in [0.4, 0.5) is 0 Å². The fraction of sp³-hybridized carbons (Fsp3) is 0.833. The summed E-state index contributed by atoms with van der Waals surface area (Å²) < 4.78 is 0. The van der Waals surface area contributed by atoms with Crippen LogP contribution >= 0.6 is 0 Å². The van der Waals surface area contributed by atoms with Gasteiger partial charge < -0.3 is 15.3 Å². The number of carboxylic acid groups (broad SMARTS) is 1. The van der Waals surface area contributed by atoms with Gasteiger partial charge in [-0.3, -0.25) is 0 Å². The number of carbonyl (C=O) groups is 1. The Morgan fingerprint density at radius 1 is 1.50 bits per heavy atom. The number of aliphatic hydroxyl groups is 2. The Balaban J connectivity index is 3.56. The lowest BCUT2D eigenvalue weighted by Crippen LogP contribution is -2.24. The summed E-state index contributed by atoms with van der Waals surface area (Å²) in [5, 5.41) is 25.7. The summed E-state index contributed by atoms with van der Waals surface area (Å²) in [6, 6.07) is 0. The number of rotatable bonds is 4. The first-order valence-corrected chi connectivity index (χ1v) is 3.16. The Kier molecular flexibility index (Phi) is 3.99. The zero-order chi connectivity index (χ0) is 8.15. The van der Waals surface area contributed by atoms with Crippen LogP contribution in [0, 0.1) is 0 Å². The molecular formula is C6H12O4. The highest BCUT2D eigenvalue weighted by atomic mass is 16.4. The monoisotopic (exact) mass is 148 g/mol. The lowest BCUT2D eigenvalue weighted by molar-refractivity contribution is -0.148. The van der Waals surface area contributed by atoms with Crippen molar-refractivity contribution in [2.75, 3.05) is 0 Å². The van der Waals surface area contributed by atoms with Crippen molar-refractivity contribution in [1.82, 2.24) is 0 Å². The number of hydrogen-bond acceptors (Lipinski definition) is 3. The van der Waals surface area contributed by atoms with E-state index < -0.39 is 18.2 Å². The first-order chi connectivity index (χ1) is 4.57. The summed E-state index contributed by atoms with van der Waals surface area (Å²) >= 11 is 0. The van der Waals surface area contributed by atoms with Crippen LogP contribution in [0.5, 0.6) is 0 Å². The third kappa shape index (κ3) is 3.42. The van der Waals surface area contributed by atoms with Crippen LogP contribution in [0.2, 0.25) is 0 Å². The van der Waals surface area contributed by atoms with Crippen molar-refractivity contribution in [3.63, 3.8) is 0 Å². The molecule has 60 valence electrons. The normalized spacial score (nSPS) is 16.3. The Hall–Kier alpha value is -0.610. The second-order valence-corrected chi connectivity index (χ2v) is 2.15. The van der Waals surface area contributed by atoms with E-state index in [0.29, 0.717) is 6.42 Å². The van der Waals surface area contributed by atoms with Gasteiger partial charge in [-0.25, -0.2) is 4.79 Å². The van der Waals surface area contributed by atoms with E-state index in [4.69, 9.17) is 15.3 Å². The minimum atomic E-state index is -1.44. The Morgan fingerprint density at radius 3 is 2.30 bits per heavy atom. The summed E-state index contributed by atoms with van der Waals surface area (Å²) in [7, 11) is 0. The van der Waals surface area contributed by atoms with Crippen LogP contribution in [-0.2, 0) is 4.79 Å². The molecule has 0 saturated heterocycles. The molecule has 0 radical (unpaired) electrons. The summed E-state index contributed by atoms with van der Waals surface area (Å²) in [4.78, 5) is 9.99. The number of hydrogen-bond donors (Lipinski definition) is 3. The highest BCUT2D eigenvalue weighted by molar-refractivity contribution is 5.71. The summed E-state index contributed by atoms with van der Waals surface area (Å²) in [5.41, 5.74) is 0. The van der Waals surface area contributed by atoms with E-state index >= 15 is 0 Å². The minimum absolute atomic E-state index is 0.0914. The summed E-state index contributed by atoms with van der Waals surface area (Å²) in [5.74, 6) is -1.28. The van der Waals surface area contributed by atoms with Gasteiger partial charge in [0.2, 0.25) is 0 Å². The average molecular weight is 148 g/mol. The van der Waals surface area contributed by atoms with Crippen LogP contribution in [-0.4, -0.2) is 33.5 Å². The van der Waals surface area contributed by atoms with Gasteiger partial charge in [0.05, 0.1) is 6.10 Å².